The largest absolute Gasteiger partial charge is 0.357 e. The van der Waals surface area contributed by atoms with Gasteiger partial charge in [0.25, 0.3) is 0 Å². The molecule has 0 heterocycles. The third-order valence-electron chi connectivity index (χ3n) is 3.70. The summed E-state index contributed by atoms with van der Waals surface area (Å²) in [6, 6.07) is 5.96. The standard InChI is InChI=1S/C18H25ClN4O/c1-3-20-18(22-14-6-4-5-7-14)21-11-10-17(24)23-16-9-8-13(2)12-15(16)19/h4-5,8-9,12,14H,3,6-7,10-11H2,1-2H3,(H,23,24)(H2,20,21,22). The minimum absolute atomic E-state index is 0.0946. The van der Waals surface area contributed by atoms with Gasteiger partial charge in [0, 0.05) is 19.0 Å². The van der Waals surface area contributed by atoms with Crippen LogP contribution in [0.25, 0.3) is 0 Å². The third-order valence-corrected chi connectivity index (χ3v) is 4.01. The highest BCUT2D eigenvalue weighted by molar-refractivity contribution is 6.33. The van der Waals surface area contributed by atoms with Gasteiger partial charge < -0.3 is 16.0 Å². The molecule has 5 nitrogen and oxygen atoms in total. The van der Waals surface area contributed by atoms with Gasteiger partial charge in [-0.05, 0) is 44.4 Å². The number of guanidine groups is 1. The fourth-order valence-corrected chi connectivity index (χ4v) is 2.73. The van der Waals surface area contributed by atoms with Crippen LogP contribution >= 0.6 is 11.6 Å². The number of benzene rings is 1. The molecule has 24 heavy (non-hydrogen) atoms. The van der Waals surface area contributed by atoms with Crippen molar-refractivity contribution in [2.75, 3.05) is 18.4 Å². The maximum atomic E-state index is 12.0. The van der Waals surface area contributed by atoms with Crippen LogP contribution in [0.1, 0.15) is 31.7 Å². The fourth-order valence-electron chi connectivity index (χ4n) is 2.45. The molecule has 0 atom stereocenters. The van der Waals surface area contributed by atoms with Crippen LogP contribution in [0, 0.1) is 6.92 Å². The summed E-state index contributed by atoms with van der Waals surface area (Å²) < 4.78 is 0. The maximum absolute atomic E-state index is 12.0. The summed E-state index contributed by atoms with van der Waals surface area (Å²) in [6.07, 6.45) is 6.66. The Morgan fingerprint density at radius 2 is 2.08 bits per heavy atom. The van der Waals surface area contributed by atoms with E-state index in [9.17, 15) is 4.79 Å². The number of nitrogens with zero attached hydrogens (tertiary/aromatic N) is 1. The predicted molar refractivity (Wildman–Crippen MR) is 101 cm³/mol. The number of halogens is 1. The molecule has 0 spiro atoms. The first-order valence-corrected chi connectivity index (χ1v) is 8.72. The van der Waals surface area contributed by atoms with E-state index < -0.39 is 0 Å². The van der Waals surface area contributed by atoms with Gasteiger partial charge in [0.05, 0.1) is 17.3 Å². The molecule has 2 rings (SSSR count). The van der Waals surface area contributed by atoms with Crippen molar-refractivity contribution in [3.63, 3.8) is 0 Å². The zero-order valence-electron chi connectivity index (χ0n) is 14.2. The minimum Gasteiger partial charge on any atom is -0.357 e. The van der Waals surface area contributed by atoms with Gasteiger partial charge in [-0.1, -0.05) is 29.8 Å². The molecule has 0 fully saturated rings. The quantitative estimate of drug-likeness (QED) is 0.420. The second kappa shape index (κ2) is 9.33. The molecule has 3 N–H and O–H groups in total. The van der Waals surface area contributed by atoms with Gasteiger partial charge in [0.1, 0.15) is 0 Å². The van der Waals surface area contributed by atoms with E-state index in [-0.39, 0.29) is 5.91 Å². The second-order valence-electron chi connectivity index (χ2n) is 5.83. The Labute approximate surface area is 148 Å². The number of aliphatic imine (C=N–C) groups is 1. The third kappa shape index (κ3) is 5.89. The Bertz CT molecular complexity index is 619. The Morgan fingerprint density at radius 3 is 2.75 bits per heavy atom. The molecule has 6 heteroatoms. The molecule has 1 amide bonds. The molecule has 1 aliphatic carbocycles. The summed E-state index contributed by atoms with van der Waals surface area (Å²) in [5.74, 6) is 0.662. The van der Waals surface area contributed by atoms with Gasteiger partial charge in [-0.25, -0.2) is 0 Å². The summed E-state index contributed by atoms with van der Waals surface area (Å²) in [5.41, 5.74) is 1.70. The van der Waals surface area contributed by atoms with Crippen molar-refractivity contribution in [1.82, 2.24) is 10.6 Å². The molecular formula is C18H25ClN4O. The van der Waals surface area contributed by atoms with Crippen LogP contribution in [0.3, 0.4) is 0 Å². The lowest BCUT2D eigenvalue weighted by atomic mass is 10.2. The average molecular weight is 349 g/mol. The number of amides is 1. The molecule has 0 saturated carbocycles. The first kappa shape index (κ1) is 18.3. The Morgan fingerprint density at radius 1 is 1.33 bits per heavy atom. The number of rotatable bonds is 6. The molecule has 0 aromatic heterocycles. The topological polar surface area (TPSA) is 65.5 Å². The van der Waals surface area contributed by atoms with Crippen molar-refractivity contribution in [2.45, 2.75) is 39.2 Å². The first-order chi connectivity index (χ1) is 11.6. The summed E-state index contributed by atoms with van der Waals surface area (Å²) in [4.78, 5) is 16.5. The molecule has 0 bridgehead atoms. The van der Waals surface area contributed by atoms with Gasteiger partial charge in [0.2, 0.25) is 5.91 Å². The zero-order chi connectivity index (χ0) is 17.4. The molecule has 130 valence electrons. The number of carbonyl (C=O) groups excluding carboxylic acids is 1. The number of nitrogens with one attached hydrogen (secondary N) is 3. The van der Waals surface area contributed by atoms with Gasteiger partial charge in [-0.15, -0.1) is 0 Å². The second-order valence-corrected chi connectivity index (χ2v) is 6.23. The van der Waals surface area contributed by atoms with Crippen LogP contribution in [-0.4, -0.2) is 31.0 Å². The number of hydrogen-bond acceptors (Lipinski definition) is 2. The van der Waals surface area contributed by atoms with E-state index in [2.05, 4.69) is 33.1 Å². The molecule has 0 saturated heterocycles. The Balaban J connectivity index is 1.82. The van der Waals surface area contributed by atoms with Crippen LogP contribution in [0.4, 0.5) is 5.69 Å². The van der Waals surface area contributed by atoms with Crippen molar-refractivity contribution in [2.24, 2.45) is 4.99 Å². The molecular weight excluding hydrogens is 324 g/mol. The Kier molecular flexibility index (Phi) is 7.12. The monoisotopic (exact) mass is 348 g/mol. The minimum atomic E-state index is -0.0946. The first-order valence-electron chi connectivity index (χ1n) is 8.34. The normalized spacial score (nSPS) is 14.7. The van der Waals surface area contributed by atoms with Crippen LogP contribution in [-0.2, 0) is 4.79 Å². The average Bonchev–Trinajstić information content (AvgIpc) is 3.03. The lowest BCUT2D eigenvalue weighted by Crippen LogP contribution is -2.42. The highest BCUT2D eigenvalue weighted by Gasteiger charge is 2.11. The summed E-state index contributed by atoms with van der Waals surface area (Å²) >= 11 is 6.13. The van der Waals surface area contributed by atoms with Crippen LogP contribution < -0.4 is 16.0 Å². The van der Waals surface area contributed by atoms with E-state index in [0.29, 0.717) is 29.7 Å². The van der Waals surface area contributed by atoms with Gasteiger partial charge in [-0.2, -0.15) is 0 Å². The summed E-state index contributed by atoms with van der Waals surface area (Å²) in [5, 5.41) is 9.96. The highest BCUT2D eigenvalue weighted by Crippen LogP contribution is 2.22. The van der Waals surface area contributed by atoms with E-state index >= 15 is 0 Å². The van der Waals surface area contributed by atoms with Crippen molar-refractivity contribution in [1.29, 1.82) is 0 Å². The SMILES string of the molecule is CCNC(=NCCC(=O)Nc1ccc(C)cc1Cl)NC1CC=CC1. The molecule has 1 aromatic rings. The van der Waals surface area contributed by atoms with Crippen molar-refractivity contribution in [3.05, 3.63) is 40.9 Å². The van der Waals surface area contributed by atoms with Crippen LogP contribution in [0.5, 0.6) is 0 Å². The maximum Gasteiger partial charge on any atom is 0.226 e. The van der Waals surface area contributed by atoms with E-state index in [4.69, 9.17) is 11.6 Å². The lowest BCUT2D eigenvalue weighted by molar-refractivity contribution is -0.116. The van der Waals surface area contributed by atoms with Gasteiger partial charge >= 0.3 is 0 Å². The van der Waals surface area contributed by atoms with Gasteiger partial charge in [0.15, 0.2) is 5.96 Å². The number of anilines is 1. The summed E-state index contributed by atoms with van der Waals surface area (Å²) in [6.45, 7) is 5.19. The van der Waals surface area contributed by atoms with E-state index in [0.717, 1.165) is 30.9 Å². The molecule has 0 radical (unpaired) electrons. The summed E-state index contributed by atoms with van der Waals surface area (Å²) in [7, 11) is 0. The smallest absolute Gasteiger partial charge is 0.226 e. The molecule has 1 aromatic carbocycles. The van der Waals surface area contributed by atoms with Crippen molar-refractivity contribution >= 4 is 29.2 Å². The number of hydrogen-bond donors (Lipinski definition) is 3. The fraction of sp³-hybridized carbons (Fsp3) is 0.444. The number of carbonyl (C=O) groups is 1. The predicted octanol–water partition coefficient (Wildman–Crippen LogP) is 3.25. The Hall–Kier alpha value is -2.01. The lowest BCUT2D eigenvalue weighted by Gasteiger charge is -2.16. The van der Waals surface area contributed by atoms with E-state index in [1.807, 2.05) is 32.0 Å². The van der Waals surface area contributed by atoms with E-state index in [1.54, 1.807) is 0 Å². The van der Waals surface area contributed by atoms with Crippen molar-refractivity contribution < 1.29 is 4.79 Å². The van der Waals surface area contributed by atoms with Gasteiger partial charge in [-0.3, -0.25) is 9.79 Å². The number of aryl methyl sites for hydroxylation is 1. The van der Waals surface area contributed by atoms with Crippen molar-refractivity contribution in [3.8, 4) is 0 Å². The van der Waals surface area contributed by atoms with Crippen LogP contribution in [0.2, 0.25) is 5.02 Å². The molecule has 1 aliphatic rings. The van der Waals surface area contributed by atoms with Crippen LogP contribution in [0.15, 0.2) is 35.3 Å². The molecule has 0 unspecified atom stereocenters. The molecule has 0 aliphatic heterocycles. The van der Waals surface area contributed by atoms with E-state index in [1.165, 1.54) is 0 Å². The zero-order valence-corrected chi connectivity index (χ0v) is 15.0. The highest BCUT2D eigenvalue weighted by atomic mass is 35.5.